The molecule has 3 N–H and O–H groups in total. The van der Waals surface area contributed by atoms with Crippen LogP contribution in [0.3, 0.4) is 0 Å². The molecule has 1 unspecified atom stereocenters. The molecule has 6 nitrogen and oxygen atoms in total. The molecule has 0 amide bonds. The molecule has 0 fully saturated rings. The maximum atomic E-state index is 11.5. The van der Waals surface area contributed by atoms with Gasteiger partial charge in [0.2, 0.25) is 5.78 Å². The third-order valence-corrected chi connectivity index (χ3v) is 2.96. The molecule has 0 radical (unpaired) electrons. The molecule has 0 aliphatic carbocycles. The second-order valence-corrected chi connectivity index (χ2v) is 4.38. The fourth-order valence-electron chi connectivity index (χ4n) is 1.65. The van der Waals surface area contributed by atoms with E-state index in [1.807, 2.05) is 6.92 Å². The summed E-state index contributed by atoms with van der Waals surface area (Å²) in [6, 6.07) is 1.55. The number of carbonyl (C=O) groups excluding carboxylic acids is 1. The van der Waals surface area contributed by atoms with E-state index in [0.29, 0.717) is 12.1 Å². The number of hydrogen-bond acceptors (Lipinski definition) is 6. The SMILES string of the molecule is CC1=NOC(c2cc(N)c(Cl)c(C(=O)CO)n2)C1. The van der Waals surface area contributed by atoms with Crippen molar-refractivity contribution in [2.75, 3.05) is 12.3 Å². The molecule has 96 valence electrons. The minimum atomic E-state index is -0.670. The molecular weight excluding hydrogens is 258 g/mol. The summed E-state index contributed by atoms with van der Waals surface area (Å²) in [4.78, 5) is 20.8. The molecular formula is C11H12ClN3O3. The lowest BCUT2D eigenvalue weighted by Gasteiger charge is -2.11. The van der Waals surface area contributed by atoms with E-state index >= 15 is 0 Å². The first-order valence-corrected chi connectivity index (χ1v) is 5.70. The van der Waals surface area contributed by atoms with Crippen molar-refractivity contribution >= 4 is 28.8 Å². The molecule has 1 aromatic rings. The number of aliphatic hydroxyl groups excluding tert-OH is 1. The Labute approximate surface area is 108 Å². The Kier molecular flexibility index (Phi) is 3.49. The van der Waals surface area contributed by atoms with Crippen molar-refractivity contribution in [2.24, 2.45) is 5.16 Å². The number of carbonyl (C=O) groups is 1. The summed E-state index contributed by atoms with van der Waals surface area (Å²) in [7, 11) is 0. The van der Waals surface area contributed by atoms with Crippen LogP contribution in [0, 0.1) is 0 Å². The predicted molar refractivity (Wildman–Crippen MR) is 66.6 cm³/mol. The van der Waals surface area contributed by atoms with Crippen LogP contribution < -0.4 is 5.73 Å². The zero-order valence-electron chi connectivity index (χ0n) is 9.68. The van der Waals surface area contributed by atoms with Crippen molar-refractivity contribution in [3.05, 3.63) is 22.5 Å². The van der Waals surface area contributed by atoms with Gasteiger partial charge in [0, 0.05) is 6.42 Å². The Bertz CT molecular complexity index is 531. The van der Waals surface area contributed by atoms with E-state index in [9.17, 15) is 4.79 Å². The number of ketones is 1. The maximum absolute atomic E-state index is 11.5. The number of anilines is 1. The van der Waals surface area contributed by atoms with Crippen LogP contribution in [0.4, 0.5) is 5.69 Å². The Morgan fingerprint density at radius 2 is 2.44 bits per heavy atom. The molecule has 1 aromatic heterocycles. The molecule has 0 spiro atoms. The molecule has 1 aliphatic rings. The number of nitrogen functional groups attached to an aromatic ring is 1. The van der Waals surface area contributed by atoms with E-state index in [1.54, 1.807) is 6.07 Å². The normalized spacial score (nSPS) is 18.4. The summed E-state index contributed by atoms with van der Waals surface area (Å²) < 4.78 is 0. The number of pyridine rings is 1. The third kappa shape index (κ3) is 2.30. The van der Waals surface area contributed by atoms with Gasteiger partial charge in [-0.25, -0.2) is 4.98 Å². The summed E-state index contributed by atoms with van der Waals surface area (Å²) >= 11 is 5.89. The van der Waals surface area contributed by atoms with Crippen LogP contribution in [0.5, 0.6) is 0 Å². The highest BCUT2D eigenvalue weighted by molar-refractivity contribution is 6.36. The predicted octanol–water partition coefficient (Wildman–Crippen LogP) is 1.33. The number of aromatic nitrogens is 1. The summed E-state index contributed by atoms with van der Waals surface area (Å²) in [6.45, 7) is 1.16. The van der Waals surface area contributed by atoms with Crippen molar-refractivity contribution in [1.29, 1.82) is 0 Å². The molecule has 0 aromatic carbocycles. The van der Waals surface area contributed by atoms with Gasteiger partial charge >= 0.3 is 0 Å². The van der Waals surface area contributed by atoms with Crippen LogP contribution in [-0.4, -0.2) is 28.2 Å². The molecule has 18 heavy (non-hydrogen) atoms. The van der Waals surface area contributed by atoms with Crippen LogP contribution in [0.1, 0.15) is 35.6 Å². The van der Waals surface area contributed by atoms with E-state index < -0.39 is 12.4 Å². The molecule has 0 saturated heterocycles. The quantitative estimate of drug-likeness (QED) is 0.807. The van der Waals surface area contributed by atoms with E-state index in [0.717, 1.165) is 5.71 Å². The van der Waals surface area contributed by atoms with E-state index in [-0.39, 0.29) is 22.5 Å². The highest BCUT2D eigenvalue weighted by Gasteiger charge is 2.25. The average molecular weight is 270 g/mol. The molecule has 1 atom stereocenters. The highest BCUT2D eigenvalue weighted by Crippen LogP contribution is 2.31. The Balaban J connectivity index is 2.38. The lowest BCUT2D eigenvalue weighted by molar-refractivity contribution is 0.0815. The lowest BCUT2D eigenvalue weighted by Crippen LogP contribution is -2.13. The number of oxime groups is 1. The first kappa shape index (κ1) is 12.8. The van der Waals surface area contributed by atoms with Gasteiger partial charge in [-0.1, -0.05) is 16.8 Å². The standard InChI is InChI=1S/C11H12ClN3O3/c1-5-2-9(18-15-5)7-3-6(13)10(12)11(14-7)8(17)4-16/h3,9,16H,2,4H2,1H3,(H2,13,14). The van der Waals surface area contributed by atoms with Gasteiger partial charge in [-0.15, -0.1) is 0 Å². The smallest absolute Gasteiger partial charge is 0.208 e. The Hall–Kier alpha value is -1.66. The number of halogens is 1. The first-order valence-electron chi connectivity index (χ1n) is 5.32. The minimum absolute atomic E-state index is 0.0395. The first-order chi connectivity index (χ1) is 8.52. The van der Waals surface area contributed by atoms with Crippen LogP contribution in [0.25, 0.3) is 0 Å². The van der Waals surface area contributed by atoms with Crippen molar-refractivity contribution in [3.8, 4) is 0 Å². The Morgan fingerprint density at radius 1 is 1.72 bits per heavy atom. The summed E-state index contributed by atoms with van der Waals surface area (Å²) in [5, 5.41) is 12.7. The van der Waals surface area contributed by atoms with E-state index in [1.165, 1.54) is 0 Å². The van der Waals surface area contributed by atoms with Gasteiger partial charge in [-0.2, -0.15) is 0 Å². The molecule has 2 heterocycles. The molecule has 2 rings (SSSR count). The minimum Gasteiger partial charge on any atom is -0.397 e. The molecule has 0 saturated carbocycles. The number of aliphatic hydroxyl groups is 1. The van der Waals surface area contributed by atoms with Crippen molar-refractivity contribution in [1.82, 2.24) is 4.98 Å². The maximum Gasteiger partial charge on any atom is 0.208 e. The van der Waals surface area contributed by atoms with E-state index in [4.69, 9.17) is 27.3 Å². The number of Topliss-reactive ketones (excluding diaryl/α,β-unsaturated/α-hetero) is 1. The molecule has 1 aliphatic heterocycles. The van der Waals surface area contributed by atoms with Crippen molar-refractivity contribution in [3.63, 3.8) is 0 Å². The number of nitrogens with zero attached hydrogens (tertiary/aromatic N) is 2. The van der Waals surface area contributed by atoms with Crippen LogP contribution in [-0.2, 0) is 4.84 Å². The summed E-state index contributed by atoms with van der Waals surface area (Å²) in [5.74, 6) is -0.579. The van der Waals surface area contributed by atoms with Gasteiger partial charge in [0.25, 0.3) is 0 Å². The van der Waals surface area contributed by atoms with Crippen LogP contribution in [0.2, 0.25) is 5.02 Å². The molecule has 0 bridgehead atoms. The zero-order chi connectivity index (χ0) is 13.3. The van der Waals surface area contributed by atoms with Crippen LogP contribution in [0.15, 0.2) is 11.2 Å². The van der Waals surface area contributed by atoms with E-state index in [2.05, 4.69) is 10.1 Å². The Morgan fingerprint density at radius 3 is 3.00 bits per heavy atom. The highest BCUT2D eigenvalue weighted by atomic mass is 35.5. The number of rotatable bonds is 3. The van der Waals surface area contributed by atoms with Gasteiger partial charge < -0.3 is 15.7 Å². The van der Waals surface area contributed by atoms with Gasteiger partial charge in [0.1, 0.15) is 12.3 Å². The molecule has 7 heteroatoms. The van der Waals surface area contributed by atoms with Crippen molar-refractivity contribution in [2.45, 2.75) is 19.4 Å². The van der Waals surface area contributed by atoms with Crippen molar-refractivity contribution < 1.29 is 14.7 Å². The largest absolute Gasteiger partial charge is 0.397 e. The number of nitrogens with two attached hydrogens (primary N) is 1. The topological polar surface area (TPSA) is 97.8 Å². The fraction of sp³-hybridized carbons (Fsp3) is 0.364. The lowest BCUT2D eigenvalue weighted by atomic mass is 10.1. The summed E-state index contributed by atoms with van der Waals surface area (Å²) in [5.41, 5.74) is 7.23. The monoisotopic (exact) mass is 269 g/mol. The van der Waals surface area contributed by atoms with Gasteiger partial charge in [-0.3, -0.25) is 4.79 Å². The number of hydrogen-bond donors (Lipinski definition) is 2. The second kappa shape index (κ2) is 4.91. The van der Waals surface area contributed by atoms with Crippen LogP contribution >= 0.6 is 11.6 Å². The fourth-order valence-corrected chi connectivity index (χ4v) is 1.85. The van der Waals surface area contributed by atoms with Gasteiger partial charge in [0.05, 0.1) is 22.1 Å². The second-order valence-electron chi connectivity index (χ2n) is 4.00. The average Bonchev–Trinajstić information content (AvgIpc) is 2.78. The zero-order valence-corrected chi connectivity index (χ0v) is 10.4. The third-order valence-electron chi connectivity index (χ3n) is 2.56. The van der Waals surface area contributed by atoms with Gasteiger partial charge in [0.15, 0.2) is 6.10 Å². The summed E-state index contributed by atoms with van der Waals surface area (Å²) in [6.07, 6.45) is 0.218. The van der Waals surface area contributed by atoms with Gasteiger partial charge in [-0.05, 0) is 13.0 Å².